The van der Waals surface area contributed by atoms with E-state index in [1.165, 1.54) is 14.2 Å². The molecule has 18 heavy (non-hydrogen) atoms. The van der Waals surface area contributed by atoms with Gasteiger partial charge < -0.3 is 14.6 Å². The summed E-state index contributed by atoms with van der Waals surface area (Å²) in [5.41, 5.74) is 0.338. The van der Waals surface area contributed by atoms with Gasteiger partial charge >= 0.3 is 17.9 Å². The Bertz CT molecular complexity index is 384. The molecule has 0 aromatic rings. The fraction of sp³-hybridized carbons (Fsp3) is 0.583. The predicted molar refractivity (Wildman–Crippen MR) is 60.6 cm³/mol. The van der Waals surface area contributed by atoms with E-state index in [0.29, 0.717) is 12.0 Å². The third-order valence-corrected chi connectivity index (χ3v) is 2.91. The number of esters is 2. The zero-order valence-corrected chi connectivity index (χ0v) is 10.3. The second kappa shape index (κ2) is 6.18. The van der Waals surface area contributed by atoms with Crippen molar-refractivity contribution in [1.82, 2.24) is 0 Å². The molecule has 6 heteroatoms. The number of carbonyl (C=O) groups excluding carboxylic acids is 2. The van der Waals surface area contributed by atoms with Crippen LogP contribution in [-0.2, 0) is 23.9 Å². The molecule has 1 rings (SSSR count). The Balaban J connectivity index is 2.88. The molecular weight excluding hydrogens is 240 g/mol. The Morgan fingerprint density at radius 2 is 2.00 bits per heavy atom. The molecule has 0 saturated carbocycles. The highest BCUT2D eigenvalue weighted by molar-refractivity contribution is 5.90. The standard InChI is InChI=1S/C12H16O6/c1-17-11(15)8-3-7(5-10(13)14)4-9(6-8)12(16)18-2/h3,7,9H,4-6H2,1-2H3,(H,13,14). The molecule has 0 heterocycles. The van der Waals surface area contributed by atoms with Crippen LogP contribution in [0.3, 0.4) is 0 Å². The Hall–Kier alpha value is -1.85. The quantitative estimate of drug-likeness (QED) is 0.747. The number of hydrogen-bond acceptors (Lipinski definition) is 5. The first kappa shape index (κ1) is 14.2. The normalized spacial score (nSPS) is 22.9. The first-order chi connectivity index (χ1) is 8.47. The third kappa shape index (κ3) is 3.58. The van der Waals surface area contributed by atoms with Gasteiger partial charge in [-0.3, -0.25) is 9.59 Å². The van der Waals surface area contributed by atoms with Crippen LogP contribution >= 0.6 is 0 Å². The average Bonchev–Trinajstić information content (AvgIpc) is 2.35. The molecule has 0 amide bonds. The maximum absolute atomic E-state index is 11.5. The first-order valence-corrected chi connectivity index (χ1v) is 5.56. The summed E-state index contributed by atoms with van der Waals surface area (Å²) >= 11 is 0. The number of carbonyl (C=O) groups is 3. The second-order valence-electron chi connectivity index (χ2n) is 4.20. The first-order valence-electron chi connectivity index (χ1n) is 5.56. The molecule has 6 nitrogen and oxygen atoms in total. The third-order valence-electron chi connectivity index (χ3n) is 2.91. The maximum Gasteiger partial charge on any atom is 0.333 e. The van der Waals surface area contributed by atoms with E-state index in [2.05, 4.69) is 9.47 Å². The van der Waals surface area contributed by atoms with E-state index in [1.807, 2.05) is 0 Å². The van der Waals surface area contributed by atoms with Gasteiger partial charge in [-0.25, -0.2) is 4.79 Å². The molecule has 0 aromatic heterocycles. The monoisotopic (exact) mass is 256 g/mol. The van der Waals surface area contributed by atoms with E-state index in [9.17, 15) is 14.4 Å². The van der Waals surface area contributed by atoms with Gasteiger partial charge in [0.15, 0.2) is 0 Å². The lowest BCUT2D eigenvalue weighted by Crippen LogP contribution is -2.27. The van der Waals surface area contributed by atoms with Crippen molar-refractivity contribution in [2.24, 2.45) is 11.8 Å². The van der Waals surface area contributed by atoms with Gasteiger partial charge in [0, 0.05) is 5.57 Å². The van der Waals surface area contributed by atoms with Crippen molar-refractivity contribution in [3.05, 3.63) is 11.6 Å². The zero-order chi connectivity index (χ0) is 13.7. The van der Waals surface area contributed by atoms with Gasteiger partial charge in [-0.2, -0.15) is 0 Å². The van der Waals surface area contributed by atoms with Crippen LogP contribution in [0.5, 0.6) is 0 Å². The van der Waals surface area contributed by atoms with E-state index in [1.54, 1.807) is 6.08 Å². The van der Waals surface area contributed by atoms with E-state index >= 15 is 0 Å². The van der Waals surface area contributed by atoms with E-state index in [-0.39, 0.29) is 18.8 Å². The second-order valence-corrected chi connectivity index (χ2v) is 4.20. The van der Waals surface area contributed by atoms with Crippen molar-refractivity contribution >= 4 is 17.9 Å². The Morgan fingerprint density at radius 3 is 2.50 bits per heavy atom. The Labute approximate surface area is 105 Å². The lowest BCUT2D eigenvalue weighted by molar-refractivity contribution is -0.147. The number of aliphatic carboxylic acids is 1. The van der Waals surface area contributed by atoms with E-state index in [4.69, 9.17) is 5.11 Å². The lowest BCUT2D eigenvalue weighted by atomic mass is 9.81. The molecule has 0 saturated heterocycles. The molecule has 0 spiro atoms. The molecule has 0 radical (unpaired) electrons. The minimum absolute atomic E-state index is 0.117. The summed E-state index contributed by atoms with van der Waals surface area (Å²) in [6, 6.07) is 0. The summed E-state index contributed by atoms with van der Waals surface area (Å²) < 4.78 is 9.24. The molecule has 2 atom stereocenters. The van der Waals surface area contributed by atoms with Gasteiger partial charge in [0.05, 0.1) is 26.6 Å². The summed E-state index contributed by atoms with van der Waals surface area (Å²) in [5, 5.41) is 8.77. The maximum atomic E-state index is 11.5. The van der Waals surface area contributed by atoms with Gasteiger partial charge in [-0.05, 0) is 18.8 Å². The van der Waals surface area contributed by atoms with Gasteiger partial charge in [0.25, 0.3) is 0 Å². The zero-order valence-electron chi connectivity index (χ0n) is 10.3. The Morgan fingerprint density at radius 1 is 1.33 bits per heavy atom. The molecule has 1 aliphatic rings. The van der Waals surface area contributed by atoms with E-state index in [0.717, 1.165) is 0 Å². The van der Waals surface area contributed by atoms with Crippen molar-refractivity contribution in [3.8, 4) is 0 Å². The summed E-state index contributed by atoms with van der Waals surface area (Å²) in [7, 11) is 2.52. The van der Waals surface area contributed by atoms with Gasteiger partial charge in [0.1, 0.15) is 0 Å². The highest BCUT2D eigenvalue weighted by atomic mass is 16.5. The van der Waals surface area contributed by atoms with Crippen LogP contribution < -0.4 is 0 Å². The van der Waals surface area contributed by atoms with Crippen LogP contribution in [0.4, 0.5) is 0 Å². The number of ether oxygens (including phenoxy) is 2. The van der Waals surface area contributed by atoms with Crippen LogP contribution in [0.1, 0.15) is 19.3 Å². The Kier molecular flexibility index (Phi) is 4.88. The van der Waals surface area contributed by atoms with Gasteiger partial charge in [-0.15, -0.1) is 0 Å². The molecule has 0 aromatic carbocycles. The average molecular weight is 256 g/mol. The SMILES string of the molecule is COC(=O)C1=CC(CC(=O)O)CC(C(=O)OC)C1. The number of methoxy groups -OCH3 is 2. The van der Waals surface area contributed by atoms with Crippen LogP contribution in [0.15, 0.2) is 11.6 Å². The minimum atomic E-state index is -0.967. The lowest BCUT2D eigenvalue weighted by Gasteiger charge is -2.25. The van der Waals surface area contributed by atoms with Crippen molar-refractivity contribution in [2.75, 3.05) is 14.2 Å². The summed E-state index contributed by atoms with van der Waals surface area (Å²) in [6.07, 6.45) is 2.07. The smallest absolute Gasteiger partial charge is 0.333 e. The topological polar surface area (TPSA) is 89.9 Å². The van der Waals surface area contributed by atoms with Crippen LogP contribution in [0.25, 0.3) is 0 Å². The van der Waals surface area contributed by atoms with Crippen LogP contribution in [-0.4, -0.2) is 37.2 Å². The molecule has 1 aliphatic carbocycles. The highest BCUT2D eigenvalue weighted by Gasteiger charge is 2.32. The van der Waals surface area contributed by atoms with Crippen LogP contribution in [0.2, 0.25) is 0 Å². The van der Waals surface area contributed by atoms with Crippen molar-refractivity contribution in [3.63, 3.8) is 0 Å². The van der Waals surface area contributed by atoms with E-state index < -0.39 is 23.8 Å². The molecule has 2 unspecified atom stereocenters. The fourth-order valence-corrected chi connectivity index (χ4v) is 2.13. The number of carboxylic acid groups (broad SMARTS) is 1. The van der Waals surface area contributed by atoms with Crippen molar-refractivity contribution in [1.29, 1.82) is 0 Å². The molecule has 0 fully saturated rings. The molecule has 1 N–H and O–H groups in total. The molecular formula is C12H16O6. The number of rotatable bonds is 4. The molecule has 0 bridgehead atoms. The van der Waals surface area contributed by atoms with Crippen LogP contribution in [0, 0.1) is 11.8 Å². The number of carboxylic acids is 1. The largest absolute Gasteiger partial charge is 0.481 e. The highest BCUT2D eigenvalue weighted by Crippen LogP contribution is 2.31. The number of allylic oxidation sites excluding steroid dienone is 1. The van der Waals surface area contributed by atoms with Crippen molar-refractivity contribution in [2.45, 2.75) is 19.3 Å². The summed E-state index contributed by atoms with van der Waals surface area (Å²) in [4.78, 5) is 33.7. The van der Waals surface area contributed by atoms with Gasteiger partial charge in [-0.1, -0.05) is 6.08 Å². The molecule has 0 aliphatic heterocycles. The minimum Gasteiger partial charge on any atom is -0.481 e. The number of hydrogen-bond donors (Lipinski definition) is 1. The fourth-order valence-electron chi connectivity index (χ4n) is 2.13. The summed E-state index contributed by atoms with van der Waals surface area (Å²) in [6.45, 7) is 0. The van der Waals surface area contributed by atoms with Gasteiger partial charge in [0.2, 0.25) is 0 Å². The molecule has 100 valence electrons. The van der Waals surface area contributed by atoms with Crippen molar-refractivity contribution < 1.29 is 29.0 Å². The summed E-state index contributed by atoms with van der Waals surface area (Å²) in [5.74, 6) is -2.77. The predicted octanol–water partition coefficient (Wildman–Crippen LogP) is 0.760.